The number of fused-ring (bicyclic) bond motifs is 1. The topological polar surface area (TPSA) is 53.1 Å². The van der Waals surface area contributed by atoms with Crippen molar-refractivity contribution < 1.29 is 14.3 Å². The Morgan fingerprint density at radius 3 is 2.52 bits per heavy atom. The van der Waals surface area contributed by atoms with Gasteiger partial charge in [0, 0.05) is 25.7 Å². The third-order valence-electron chi connectivity index (χ3n) is 6.01. The zero-order valence-corrected chi connectivity index (χ0v) is 14.9. The molecule has 6 nitrogen and oxygen atoms in total. The van der Waals surface area contributed by atoms with Crippen LogP contribution in [0.3, 0.4) is 0 Å². The summed E-state index contributed by atoms with van der Waals surface area (Å²) in [4.78, 5) is 31.3. The van der Waals surface area contributed by atoms with Crippen molar-refractivity contribution in [3.63, 3.8) is 0 Å². The smallest absolute Gasteiger partial charge is 0.327 e. The number of rotatable bonds is 3. The minimum Gasteiger partial charge on any atom is -0.495 e. The van der Waals surface area contributed by atoms with Gasteiger partial charge in [0.2, 0.25) is 0 Å². The van der Waals surface area contributed by atoms with E-state index in [1.54, 1.807) is 16.9 Å². The number of anilines is 1. The molecular weight excluding hydrogens is 318 g/mol. The molecule has 3 amide bonds. The summed E-state index contributed by atoms with van der Waals surface area (Å²) in [5, 5.41) is 0. The summed E-state index contributed by atoms with van der Waals surface area (Å²) in [7, 11) is 1.68. The number of benzene rings is 1. The fraction of sp³-hybridized carbons (Fsp3) is 0.579. The van der Waals surface area contributed by atoms with E-state index in [1.165, 1.54) is 0 Å². The highest BCUT2D eigenvalue weighted by Gasteiger charge is 2.58. The molecule has 3 aliphatic rings. The van der Waals surface area contributed by atoms with Gasteiger partial charge < -0.3 is 14.5 Å². The van der Waals surface area contributed by atoms with Gasteiger partial charge in [-0.25, -0.2) is 4.79 Å². The highest BCUT2D eigenvalue weighted by atomic mass is 16.5. The van der Waals surface area contributed by atoms with Crippen LogP contribution in [0.1, 0.15) is 32.6 Å². The lowest BCUT2D eigenvalue weighted by Gasteiger charge is -2.37. The molecule has 0 saturated carbocycles. The third-order valence-corrected chi connectivity index (χ3v) is 6.01. The number of piperidine rings is 1. The molecule has 0 aliphatic carbocycles. The molecule has 0 radical (unpaired) electrons. The van der Waals surface area contributed by atoms with E-state index in [0.29, 0.717) is 6.54 Å². The Labute approximate surface area is 148 Å². The molecule has 134 valence electrons. The zero-order valence-electron chi connectivity index (χ0n) is 14.9. The van der Waals surface area contributed by atoms with Crippen LogP contribution in [0.4, 0.5) is 10.5 Å². The van der Waals surface area contributed by atoms with Crippen LogP contribution >= 0.6 is 0 Å². The minimum atomic E-state index is -0.600. The number of methoxy groups -OCH3 is 1. The van der Waals surface area contributed by atoms with Gasteiger partial charge in [0.15, 0.2) is 0 Å². The Morgan fingerprint density at radius 1 is 1.12 bits per heavy atom. The first-order chi connectivity index (χ1) is 12.1. The molecule has 0 bridgehead atoms. The molecule has 6 heteroatoms. The second kappa shape index (κ2) is 5.93. The number of carbonyl (C=O) groups excluding carboxylic acids is 2. The van der Waals surface area contributed by atoms with Gasteiger partial charge in [0.05, 0.1) is 12.8 Å². The first-order valence-corrected chi connectivity index (χ1v) is 9.09. The van der Waals surface area contributed by atoms with Crippen molar-refractivity contribution in [1.29, 1.82) is 0 Å². The molecule has 3 aliphatic heterocycles. The summed E-state index contributed by atoms with van der Waals surface area (Å²) in [6.07, 6.45) is 3.32. The molecule has 1 aromatic rings. The number of carbonyl (C=O) groups is 2. The van der Waals surface area contributed by atoms with Crippen LogP contribution in [0.2, 0.25) is 0 Å². The largest absolute Gasteiger partial charge is 0.495 e. The summed E-state index contributed by atoms with van der Waals surface area (Å²) < 4.78 is 5.46. The third kappa shape index (κ3) is 2.38. The van der Waals surface area contributed by atoms with Gasteiger partial charge in [-0.1, -0.05) is 12.1 Å². The SMILES string of the molecule is COc1ccccc1N1CCC(N2C(=O)N3CCCC3(C)C2=O)CC1. The first kappa shape index (κ1) is 16.2. The second-order valence-electron chi connectivity index (χ2n) is 7.38. The molecule has 0 spiro atoms. The van der Waals surface area contributed by atoms with Crippen molar-refractivity contribution in [3.05, 3.63) is 24.3 Å². The van der Waals surface area contributed by atoms with Gasteiger partial charge in [-0.05, 0) is 44.7 Å². The van der Waals surface area contributed by atoms with Gasteiger partial charge in [-0.15, -0.1) is 0 Å². The summed E-state index contributed by atoms with van der Waals surface area (Å²) >= 11 is 0. The van der Waals surface area contributed by atoms with Crippen molar-refractivity contribution >= 4 is 17.6 Å². The maximum absolute atomic E-state index is 12.9. The van der Waals surface area contributed by atoms with Crippen LogP contribution in [-0.2, 0) is 4.79 Å². The van der Waals surface area contributed by atoms with E-state index in [4.69, 9.17) is 4.74 Å². The maximum atomic E-state index is 12.9. The van der Waals surface area contributed by atoms with Crippen molar-refractivity contribution in [2.45, 2.75) is 44.2 Å². The fourth-order valence-electron chi connectivity index (χ4n) is 4.55. The van der Waals surface area contributed by atoms with Crippen LogP contribution in [0, 0.1) is 0 Å². The molecule has 1 atom stereocenters. The average Bonchev–Trinajstić information content (AvgIpc) is 3.12. The van der Waals surface area contributed by atoms with Gasteiger partial charge in [-0.2, -0.15) is 0 Å². The number of amides is 3. The molecule has 4 rings (SSSR count). The molecule has 1 aromatic carbocycles. The zero-order chi connectivity index (χ0) is 17.6. The lowest BCUT2D eigenvalue weighted by Crippen LogP contribution is -2.49. The molecule has 0 N–H and O–H groups in total. The van der Waals surface area contributed by atoms with Crippen LogP contribution in [0.5, 0.6) is 5.75 Å². The Hall–Kier alpha value is -2.24. The average molecular weight is 343 g/mol. The number of para-hydroxylation sites is 2. The monoisotopic (exact) mass is 343 g/mol. The molecule has 0 aromatic heterocycles. The van der Waals surface area contributed by atoms with E-state index in [9.17, 15) is 9.59 Å². The van der Waals surface area contributed by atoms with Crippen LogP contribution < -0.4 is 9.64 Å². The van der Waals surface area contributed by atoms with E-state index in [1.807, 2.05) is 25.1 Å². The number of imide groups is 1. The summed E-state index contributed by atoms with van der Waals surface area (Å²) in [5.74, 6) is 0.869. The first-order valence-electron chi connectivity index (χ1n) is 9.09. The maximum Gasteiger partial charge on any atom is 0.327 e. The van der Waals surface area contributed by atoms with Gasteiger partial charge >= 0.3 is 6.03 Å². The molecule has 25 heavy (non-hydrogen) atoms. The van der Waals surface area contributed by atoms with E-state index in [2.05, 4.69) is 11.0 Å². The lowest BCUT2D eigenvalue weighted by molar-refractivity contribution is -0.133. The number of hydrogen-bond donors (Lipinski definition) is 0. The molecule has 3 saturated heterocycles. The predicted molar refractivity (Wildman–Crippen MR) is 94.8 cm³/mol. The molecule has 1 unspecified atom stereocenters. The van der Waals surface area contributed by atoms with Gasteiger partial charge in [0.25, 0.3) is 5.91 Å². The Kier molecular flexibility index (Phi) is 3.85. The van der Waals surface area contributed by atoms with E-state index in [-0.39, 0.29) is 18.0 Å². The van der Waals surface area contributed by atoms with Crippen LogP contribution in [0.25, 0.3) is 0 Å². The molecule has 3 fully saturated rings. The van der Waals surface area contributed by atoms with Crippen molar-refractivity contribution in [2.75, 3.05) is 31.6 Å². The van der Waals surface area contributed by atoms with Crippen LogP contribution in [-0.4, -0.2) is 60.1 Å². The summed E-state index contributed by atoms with van der Waals surface area (Å²) in [6, 6.07) is 7.92. The number of urea groups is 1. The molecular formula is C19H25N3O3. The standard InChI is InChI=1S/C19H25N3O3/c1-19-10-5-11-21(19)18(24)22(17(19)23)14-8-12-20(13-9-14)15-6-3-4-7-16(15)25-2/h3-4,6-7,14H,5,8-13H2,1-2H3. The van der Waals surface area contributed by atoms with Gasteiger partial charge in [0.1, 0.15) is 11.3 Å². The number of ether oxygens (including phenoxy) is 1. The Morgan fingerprint density at radius 2 is 1.84 bits per heavy atom. The minimum absolute atomic E-state index is 0.00532. The van der Waals surface area contributed by atoms with Crippen molar-refractivity contribution in [1.82, 2.24) is 9.80 Å². The van der Waals surface area contributed by atoms with E-state index < -0.39 is 5.54 Å². The summed E-state index contributed by atoms with van der Waals surface area (Å²) in [5.41, 5.74) is 0.478. The van der Waals surface area contributed by atoms with Crippen LogP contribution in [0.15, 0.2) is 24.3 Å². The second-order valence-corrected chi connectivity index (χ2v) is 7.38. The Balaban J connectivity index is 1.48. The van der Waals surface area contributed by atoms with E-state index >= 15 is 0 Å². The summed E-state index contributed by atoms with van der Waals surface area (Å²) in [6.45, 7) is 4.26. The lowest BCUT2D eigenvalue weighted by atomic mass is 9.97. The highest BCUT2D eigenvalue weighted by molar-refractivity contribution is 6.07. The predicted octanol–water partition coefficient (Wildman–Crippen LogP) is 2.48. The van der Waals surface area contributed by atoms with E-state index in [0.717, 1.165) is 50.2 Å². The number of hydrogen-bond acceptors (Lipinski definition) is 4. The Bertz CT molecular complexity index is 699. The van der Waals surface area contributed by atoms with Crippen molar-refractivity contribution in [2.24, 2.45) is 0 Å². The fourth-order valence-corrected chi connectivity index (χ4v) is 4.55. The number of nitrogens with zero attached hydrogens (tertiary/aromatic N) is 3. The van der Waals surface area contributed by atoms with Gasteiger partial charge in [-0.3, -0.25) is 9.69 Å². The highest BCUT2D eigenvalue weighted by Crippen LogP contribution is 2.40. The quantitative estimate of drug-likeness (QED) is 0.791. The molecule has 3 heterocycles. The van der Waals surface area contributed by atoms with Crippen molar-refractivity contribution in [3.8, 4) is 5.75 Å². The normalized spacial score (nSPS) is 27.2.